The molecule has 338 valence electrons. The highest BCUT2D eigenvalue weighted by molar-refractivity contribution is 5.97. The Morgan fingerprint density at radius 1 is 0.338 bits per heavy atom. The Balaban J connectivity index is 0.834. The van der Waals surface area contributed by atoms with Crippen LogP contribution in [0.5, 0.6) is 0 Å². The highest BCUT2D eigenvalue weighted by Crippen LogP contribution is 2.64. The smallest absolute Gasteiger partial charge is 0.0726 e. The molecule has 10 aromatic rings. The Morgan fingerprint density at radius 2 is 0.831 bits per heavy atom. The molecule has 3 aliphatic carbocycles. The van der Waals surface area contributed by atoms with E-state index in [4.69, 9.17) is 0 Å². The van der Waals surface area contributed by atoms with Gasteiger partial charge in [-0.05, 0) is 136 Å². The molecular formula is C70H53N. The molecule has 0 bridgehead atoms. The van der Waals surface area contributed by atoms with Crippen molar-refractivity contribution >= 4 is 23.1 Å². The lowest BCUT2D eigenvalue weighted by atomic mass is 9.70. The molecule has 0 fully saturated rings. The zero-order valence-corrected chi connectivity index (χ0v) is 40.6. The van der Waals surface area contributed by atoms with Crippen molar-refractivity contribution < 1.29 is 0 Å². The summed E-state index contributed by atoms with van der Waals surface area (Å²) < 4.78 is 0. The normalized spacial score (nSPS) is 15.8. The maximum atomic E-state index is 2.53. The van der Waals surface area contributed by atoms with Crippen LogP contribution < -0.4 is 4.90 Å². The van der Waals surface area contributed by atoms with E-state index in [9.17, 15) is 0 Å². The van der Waals surface area contributed by atoms with Gasteiger partial charge in [-0.25, -0.2) is 0 Å². The number of benzene rings is 10. The van der Waals surface area contributed by atoms with Crippen LogP contribution in [0.3, 0.4) is 0 Å². The SMILES string of the molecule is CC1(C)c2ccccc2-c2ccc(C(/C=C/c3ccc(-c4ccc5c(c4)C(C)(C)c4ccccc4N5c4ccc5c(c4)C4(c6ccccc6-c6ccccc64)c4ccccc4-5)cc3)c3ccccc3)cc21. The van der Waals surface area contributed by atoms with Crippen LogP contribution >= 0.6 is 0 Å². The lowest BCUT2D eigenvalue weighted by Crippen LogP contribution is -2.31. The zero-order valence-electron chi connectivity index (χ0n) is 40.6. The van der Waals surface area contributed by atoms with Crippen LogP contribution in [0, 0.1) is 0 Å². The Labute approximate surface area is 418 Å². The van der Waals surface area contributed by atoms with Gasteiger partial charge in [0.1, 0.15) is 0 Å². The Morgan fingerprint density at radius 3 is 1.49 bits per heavy atom. The second-order valence-electron chi connectivity index (χ2n) is 21.2. The second-order valence-corrected chi connectivity index (χ2v) is 21.2. The van der Waals surface area contributed by atoms with Gasteiger partial charge in [0.2, 0.25) is 0 Å². The van der Waals surface area contributed by atoms with E-state index in [0.717, 1.165) is 0 Å². The summed E-state index contributed by atoms with van der Waals surface area (Å²) in [5.74, 6) is 0.116. The van der Waals surface area contributed by atoms with Crippen LogP contribution in [0.15, 0.2) is 237 Å². The van der Waals surface area contributed by atoms with Crippen molar-refractivity contribution in [2.24, 2.45) is 0 Å². The molecule has 1 heterocycles. The number of rotatable bonds is 6. The summed E-state index contributed by atoms with van der Waals surface area (Å²) in [6.45, 7) is 9.52. The topological polar surface area (TPSA) is 3.24 Å². The van der Waals surface area contributed by atoms with E-state index in [2.05, 4.69) is 275 Å². The largest absolute Gasteiger partial charge is 0.310 e. The molecule has 0 radical (unpaired) electrons. The monoisotopic (exact) mass is 907 g/mol. The first-order valence-electron chi connectivity index (χ1n) is 25.3. The predicted molar refractivity (Wildman–Crippen MR) is 296 cm³/mol. The summed E-state index contributed by atoms with van der Waals surface area (Å²) in [6.07, 6.45) is 4.69. The van der Waals surface area contributed by atoms with Crippen molar-refractivity contribution in [3.8, 4) is 44.5 Å². The van der Waals surface area contributed by atoms with Gasteiger partial charge in [-0.15, -0.1) is 0 Å². The van der Waals surface area contributed by atoms with Crippen molar-refractivity contribution in [2.75, 3.05) is 4.90 Å². The van der Waals surface area contributed by atoms with Gasteiger partial charge < -0.3 is 4.90 Å². The van der Waals surface area contributed by atoms with Crippen LogP contribution in [-0.2, 0) is 16.2 Å². The minimum absolute atomic E-state index is 0.0510. The lowest BCUT2D eigenvalue weighted by Gasteiger charge is -2.42. The first-order valence-corrected chi connectivity index (χ1v) is 25.3. The van der Waals surface area contributed by atoms with Gasteiger partial charge in [0, 0.05) is 22.4 Å². The summed E-state index contributed by atoms with van der Waals surface area (Å²) in [7, 11) is 0. The van der Waals surface area contributed by atoms with Crippen LogP contribution in [-0.4, -0.2) is 0 Å². The molecule has 4 aliphatic rings. The fourth-order valence-corrected chi connectivity index (χ4v) is 13.4. The summed E-state index contributed by atoms with van der Waals surface area (Å²) in [5.41, 5.74) is 28.0. The summed E-state index contributed by atoms with van der Waals surface area (Å²) >= 11 is 0. The molecule has 0 amide bonds. The van der Waals surface area contributed by atoms with Crippen molar-refractivity contribution in [1.29, 1.82) is 0 Å². The number of allylic oxidation sites excluding steroid dienone is 1. The highest BCUT2D eigenvalue weighted by atomic mass is 15.2. The number of nitrogens with zero attached hydrogens (tertiary/aromatic N) is 1. The van der Waals surface area contributed by atoms with Crippen LogP contribution in [0.25, 0.3) is 50.6 Å². The molecule has 71 heavy (non-hydrogen) atoms. The minimum atomic E-state index is -0.411. The molecule has 1 nitrogen and oxygen atoms in total. The van der Waals surface area contributed by atoms with Gasteiger partial charge in [-0.1, -0.05) is 240 Å². The standard InChI is InChI=1S/C70H53N/c1-68(2)58-24-12-8-20-52(58)56-39-35-49(43-63(56)68)51(47-18-6-5-7-19-47)38-32-45-30-33-46(34-31-45)48-36-41-67-65(42-48)69(3,4)62-28-16-17-29-66(62)71(67)50-37-40-57-55-23-11-15-27-61(55)70(64(57)44-50)59-25-13-9-21-53(59)54-22-10-14-26-60(54)70/h5-44,51H,1-4H3/b38-32+. The zero-order chi connectivity index (χ0) is 47.6. The fraction of sp³-hybridized carbons (Fsp3) is 0.114. The maximum absolute atomic E-state index is 2.53. The van der Waals surface area contributed by atoms with Crippen molar-refractivity contribution in [3.63, 3.8) is 0 Å². The van der Waals surface area contributed by atoms with E-state index in [1.54, 1.807) is 0 Å². The first-order chi connectivity index (χ1) is 34.7. The molecular weight excluding hydrogens is 855 g/mol. The third-order valence-corrected chi connectivity index (χ3v) is 16.8. The number of hydrogen-bond acceptors (Lipinski definition) is 1. The van der Waals surface area contributed by atoms with Gasteiger partial charge in [0.15, 0.2) is 0 Å². The molecule has 10 aromatic carbocycles. The quantitative estimate of drug-likeness (QED) is 0.161. The minimum Gasteiger partial charge on any atom is -0.310 e. The average molecular weight is 908 g/mol. The van der Waals surface area contributed by atoms with E-state index in [1.165, 1.54) is 123 Å². The van der Waals surface area contributed by atoms with Gasteiger partial charge in [-0.3, -0.25) is 0 Å². The first kappa shape index (κ1) is 41.7. The molecule has 0 aromatic heterocycles. The summed E-state index contributed by atoms with van der Waals surface area (Å²) in [4.78, 5) is 2.53. The summed E-state index contributed by atoms with van der Waals surface area (Å²) in [5, 5.41) is 0. The molecule has 1 spiro atoms. The van der Waals surface area contributed by atoms with Crippen LogP contribution in [0.2, 0.25) is 0 Å². The van der Waals surface area contributed by atoms with Crippen molar-refractivity contribution in [3.05, 3.63) is 298 Å². The Kier molecular flexibility index (Phi) is 9.02. The lowest BCUT2D eigenvalue weighted by molar-refractivity contribution is 0.632. The number of para-hydroxylation sites is 1. The Bertz CT molecular complexity index is 3760. The van der Waals surface area contributed by atoms with E-state index in [1.807, 2.05) is 0 Å². The Hall–Kier alpha value is -8.26. The second kappa shape index (κ2) is 15.4. The van der Waals surface area contributed by atoms with E-state index in [0.29, 0.717) is 0 Å². The predicted octanol–water partition coefficient (Wildman–Crippen LogP) is 18.0. The molecule has 1 atom stereocenters. The number of anilines is 3. The van der Waals surface area contributed by atoms with Gasteiger partial charge in [0.25, 0.3) is 0 Å². The molecule has 0 N–H and O–H groups in total. The molecule has 1 heteroatoms. The average Bonchev–Trinajstić information content (AvgIpc) is 3.97. The van der Waals surface area contributed by atoms with E-state index >= 15 is 0 Å². The van der Waals surface area contributed by atoms with E-state index in [-0.39, 0.29) is 16.7 Å². The van der Waals surface area contributed by atoms with Crippen molar-refractivity contribution in [2.45, 2.75) is 49.9 Å². The molecule has 1 unspecified atom stereocenters. The van der Waals surface area contributed by atoms with Crippen LogP contribution in [0.1, 0.15) is 94.8 Å². The van der Waals surface area contributed by atoms with Crippen molar-refractivity contribution in [1.82, 2.24) is 0 Å². The van der Waals surface area contributed by atoms with Crippen LogP contribution in [0.4, 0.5) is 17.1 Å². The molecule has 0 saturated heterocycles. The maximum Gasteiger partial charge on any atom is 0.0726 e. The number of hydrogen-bond donors (Lipinski definition) is 0. The highest BCUT2D eigenvalue weighted by Gasteiger charge is 2.52. The summed E-state index contributed by atoms with van der Waals surface area (Å²) in [6, 6.07) is 86.9. The van der Waals surface area contributed by atoms with E-state index < -0.39 is 5.41 Å². The molecule has 0 saturated carbocycles. The van der Waals surface area contributed by atoms with Gasteiger partial charge >= 0.3 is 0 Å². The number of fused-ring (bicyclic) bond motifs is 15. The molecule has 14 rings (SSSR count). The fourth-order valence-electron chi connectivity index (χ4n) is 13.4. The third kappa shape index (κ3) is 5.93. The van der Waals surface area contributed by atoms with Gasteiger partial charge in [-0.2, -0.15) is 0 Å². The third-order valence-electron chi connectivity index (χ3n) is 16.8. The van der Waals surface area contributed by atoms with Gasteiger partial charge in [0.05, 0.1) is 16.8 Å². The molecule has 1 aliphatic heterocycles.